The third-order valence-corrected chi connectivity index (χ3v) is 4.85. The van der Waals surface area contributed by atoms with Crippen LogP contribution < -0.4 is 24.4 Å². The number of carbonyl (C=O) groups excluding carboxylic acids is 1. The SMILES string of the molecule is COc1ccc(OC)c(N2C(=O)c3cccnc3[C@@H]2Nc2ccccc2OC)c1. The van der Waals surface area contributed by atoms with Crippen LogP contribution in [0.5, 0.6) is 17.2 Å². The van der Waals surface area contributed by atoms with Gasteiger partial charge in [-0.2, -0.15) is 0 Å². The molecule has 0 aliphatic carbocycles. The van der Waals surface area contributed by atoms with E-state index in [2.05, 4.69) is 10.3 Å². The maximum absolute atomic E-state index is 13.3. The molecule has 0 unspecified atom stereocenters. The molecule has 29 heavy (non-hydrogen) atoms. The van der Waals surface area contributed by atoms with E-state index in [0.29, 0.717) is 34.2 Å². The monoisotopic (exact) mass is 391 g/mol. The number of hydrogen-bond donors (Lipinski definition) is 1. The molecule has 0 fully saturated rings. The van der Waals surface area contributed by atoms with Gasteiger partial charge in [0.25, 0.3) is 5.91 Å². The van der Waals surface area contributed by atoms with Crippen molar-refractivity contribution >= 4 is 17.3 Å². The molecule has 2 heterocycles. The molecule has 0 saturated heterocycles. The molecular weight excluding hydrogens is 370 g/mol. The average Bonchev–Trinajstić information content (AvgIpc) is 3.05. The third kappa shape index (κ3) is 3.20. The molecule has 2 aromatic carbocycles. The Morgan fingerprint density at radius 3 is 2.48 bits per heavy atom. The lowest BCUT2D eigenvalue weighted by Gasteiger charge is -2.28. The summed E-state index contributed by atoms with van der Waals surface area (Å²) in [6.45, 7) is 0. The Morgan fingerprint density at radius 1 is 0.931 bits per heavy atom. The largest absolute Gasteiger partial charge is 0.497 e. The molecular formula is C22H21N3O4. The van der Waals surface area contributed by atoms with Gasteiger partial charge in [0.1, 0.15) is 17.2 Å². The fraction of sp³-hybridized carbons (Fsp3) is 0.182. The minimum absolute atomic E-state index is 0.174. The number of para-hydroxylation sites is 2. The van der Waals surface area contributed by atoms with Gasteiger partial charge in [-0.15, -0.1) is 0 Å². The summed E-state index contributed by atoms with van der Waals surface area (Å²) in [5.41, 5.74) is 2.50. The van der Waals surface area contributed by atoms with Gasteiger partial charge in [-0.1, -0.05) is 12.1 Å². The molecule has 1 atom stereocenters. The van der Waals surface area contributed by atoms with Crippen molar-refractivity contribution in [3.8, 4) is 17.2 Å². The highest BCUT2D eigenvalue weighted by atomic mass is 16.5. The molecule has 4 rings (SSSR count). The summed E-state index contributed by atoms with van der Waals surface area (Å²) >= 11 is 0. The van der Waals surface area contributed by atoms with E-state index in [-0.39, 0.29) is 5.91 Å². The molecule has 1 aromatic heterocycles. The quantitative estimate of drug-likeness (QED) is 0.688. The van der Waals surface area contributed by atoms with E-state index in [1.54, 1.807) is 62.8 Å². The van der Waals surface area contributed by atoms with Crippen LogP contribution in [0.1, 0.15) is 22.2 Å². The van der Waals surface area contributed by atoms with Crippen LogP contribution in [0.4, 0.5) is 11.4 Å². The molecule has 148 valence electrons. The second-order valence-electron chi connectivity index (χ2n) is 6.40. The number of carbonyl (C=O) groups is 1. The number of amides is 1. The fourth-order valence-electron chi connectivity index (χ4n) is 3.46. The van der Waals surface area contributed by atoms with E-state index in [1.165, 1.54) is 0 Å². The summed E-state index contributed by atoms with van der Waals surface area (Å²) in [7, 11) is 4.76. The van der Waals surface area contributed by atoms with E-state index in [9.17, 15) is 4.79 Å². The first-order valence-corrected chi connectivity index (χ1v) is 9.08. The van der Waals surface area contributed by atoms with Crippen LogP contribution in [-0.4, -0.2) is 32.2 Å². The molecule has 3 aromatic rings. The molecule has 1 aliphatic rings. The smallest absolute Gasteiger partial charge is 0.262 e. The van der Waals surface area contributed by atoms with Gasteiger partial charge >= 0.3 is 0 Å². The molecule has 7 heteroatoms. The number of hydrogen-bond acceptors (Lipinski definition) is 6. The van der Waals surface area contributed by atoms with Crippen molar-refractivity contribution < 1.29 is 19.0 Å². The van der Waals surface area contributed by atoms with Crippen LogP contribution in [0.15, 0.2) is 60.8 Å². The Bertz CT molecular complexity index is 1050. The summed E-state index contributed by atoms with van der Waals surface area (Å²) in [5.74, 6) is 1.67. The lowest BCUT2D eigenvalue weighted by Crippen LogP contribution is -2.33. The van der Waals surface area contributed by atoms with Gasteiger partial charge in [-0.05, 0) is 36.4 Å². The Balaban J connectivity index is 1.85. The minimum atomic E-state index is -0.545. The molecule has 0 radical (unpaired) electrons. The van der Waals surface area contributed by atoms with Crippen LogP contribution in [0.2, 0.25) is 0 Å². The van der Waals surface area contributed by atoms with Gasteiger partial charge < -0.3 is 19.5 Å². The fourth-order valence-corrected chi connectivity index (χ4v) is 3.46. The van der Waals surface area contributed by atoms with Gasteiger partial charge in [0, 0.05) is 12.3 Å². The van der Waals surface area contributed by atoms with Crippen LogP contribution in [0, 0.1) is 0 Å². The number of ether oxygens (including phenoxy) is 3. The van der Waals surface area contributed by atoms with Crippen molar-refractivity contribution in [2.75, 3.05) is 31.5 Å². The zero-order valence-electron chi connectivity index (χ0n) is 16.4. The second kappa shape index (κ2) is 7.71. The number of fused-ring (bicyclic) bond motifs is 1. The number of anilines is 2. The topological polar surface area (TPSA) is 72.9 Å². The highest BCUT2D eigenvalue weighted by Crippen LogP contribution is 2.43. The summed E-state index contributed by atoms with van der Waals surface area (Å²) in [5, 5.41) is 3.41. The van der Waals surface area contributed by atoms with Gasteiger partial charge in [0.05, 0.1) is 44.0 Å². The Kier molecular flexibility index (Phi) is 4.95. The predicted octanol–water partition coefficient (Wildman–Crippen LogP) is 3.88. The molecule has 1 amide bonds. The van der Waals surface area contributed by atoms with E-state index >= 15 is 0 Å². The maximum atomic E-state index is 13.3. The number of nitrogens with zero attached hydrogens (tertiary/aromatic N) is 2. The summed E-state index contributed by atoms with van der Waals surface area (Å²) in [6, 6.07) is 16.4. The standard InChI is InChI=1S/C22H21N3O4/c1-27-14-10-11-19(29-3)17(13-14)25-21(20-15(22(25)26)7-6-12-23-20)24-16-8-4-5-9-18(16)28-2/h4-13,21,24H,1-3H3/t21-/m1/s1. The number of rotatable bonds is 6. The number of pyridine rings is 1. The van der Waals surface area contributed by atoms with Crippen LogP contribution in [-0.2, 0) is 0 Å². The van der Waals surface area contributed by atoms with Gasteiger partial charge in [0.2, 0.25) is 0 Å². The number of aromatic nitrogens is 1. The minimum Gasteiger partial charge on any atom is -0.497 e. The third-order valence-electron chi connectivity index (χ3n) is 4.85. The Labute approximate surface area is 168 Å². The van der Waals surface area contributed by atoms with Crippen molar-refractivity contribution in [2.45, 2.75) is 6.17 Å². The van der Waals surface area contributed by atoms with Gasteiger partial charge in [-0.3, -0.25) is 14.7 Å². The maximum Gasteiger partial charge on any atom is 0.262 e. The van der Waals surface area contributed by atoms with Gasteiger partial charge in [-0.25, -0.2) is 0 Å². The highest BCUT2D eigenvalue weighted by Gasteiger charge is 2.40. The number of nitrogens with one attached hydrogen (secondary N) is 1. The van der Waals surface area contributed by atoms with Crippen molar-refractivity contribution in [3.63, 3.8) is 0 Å². The number of methoxy groups -OCH3 is 3. The first kappa shape index (κ1) is 18.6. The molecule has 0 spiro atoms. The van der Waals surface area contributed by atoms with Crippen LogP contribution in [0.25, 0.3) is 0 Å². The lowest BCUT2D eigenvalue weighted by molar-refractivity contribution is 0.0992. The number of benzene rings is 2. The summed E-state index contributed by atoms with van der Waals surface area (Å²) < 4.78 is 16.4. The molecule has 1 aliphatic heterocycles. The van der Waals surface area contributed by atoms with E-state index in [0.717, 1.165) is 5.69 Å². The van der Waals surface area contributed by atoms with Crippen molar-refractivity contribution in [3.05, 3.63) is 72.1 Å². The van der Waals surface area contributed by atoms with Crippen LogP contribution in [0.3, 0.4) is 0 Å². The average molecular weight is 391 g/mol. The zero-order valence-corrected chi connectivity index (χ0v) is 16.4. The van der Waals surface area contributed by atoms with E-state index in [4.69, 9.17) is 14.2 Å². The predicted molar refractivity (Wildman–Crippen MR) is 110 cm³/mol. The Morgan fingerprint density at radius 2 is 1.72 bits per heavy atom. The Hall–Kier alpha value is -3.74. The summed E-state index contributed by atoms with van der Waals surface area (Å²) in [4.78, 5) is 19.4. The van der Waals surface area contributed by atoms with Gasteiger partial charge in [0.15, 0.2) is 6.17 Å². The first-order chi connectivity index (χ1) is 14.2. The van der Waals surface area contributed by atoms with Crippen molar-refractivity contribution in [1.82, 2.24) is 4.98 Å². The summed E-state index contributed by atoms with van der Waals surface area (Å²) in [6.07, 6.45) is 1.13. The van der Waals surface area contributed by atoms with E-state index in [1.807, 2.05) is 24.3 Å². The van der Waals surface area contributed by atoms with E-state index < -0.39 is 6.17 Å². The van der Waals surface area contributed by atoms with Crippen molar-refractivity contribution in [2.24, 2.45) is 0 Å². The molecule has 1 N–H and O–H groups in total. The normalized spacial score (nSPS) is 15.1. The first-order valence-electron chi connectivity index (χ1n) is 9.08. The van der Waals surface area contributed by atoms with Crippen LogP contribution >= 0.6 is 0 Å². The molecule has 0 bridgehead atoms. The zero-order chi connectivity index (χ0) is 20.4. The second-order valence-corrected chi connectivity index (χ2v) is 6.40. The molecule has 0 saturated carbocycles. The van der Waals surface area contributed by atoms with Crippen molar-refractivity contribution in [1.29, 1.82) is 0 Å². The lowest BCUT2D eigenvalue weighted by atomic mass is 10.2. The molecule has 7 nitrogen and oxygen atoms in total. The highest BCUT2D eigenvalue weighted by molar-refractivity contribution is 6.11.